The number of hydrogen-bond acceptors (Lipinski definition) is 3. The van der Waals surface area contributed by atoms with E-state index in [2.05, 4.69) is 12.3 Å². The average molecular weight is 247 g/mol. The average Bonchev–Trinajstić information content (AvgIpc) is 3.01. The van der Waals surface area contributed by atoms with Gasteiger partial charge in [-0.1, -0.05) is 6.92 Å². The van der Waals surface area contributed by atoms with Gasteiger partial charge in [0.1, 0.15) is 11.5 Å². The van der Waals surface area contributed by atoms with Crippen LogP contribution in [-0.2, 0) is 13.0 Å². The normalized spacial score (nSPS) is 10.6. The van der Waals surface area contributed by atoms with Gasteiger partial charge in [0.05, 0.1) is 6.26 Å². The molecule has 96 valence electrons. The predicted molar refractivity (Wildman–Crippen MR) is 67.9 cm³/mol. The first-order chi connectivity index (χ1) is 8.76. The molecule has 0 saturated carbocycles. The van der Waals surface area contributed by atoms with Crippen molar-refractivity contribution in [2.75, 3.05) is 0 Å². The fraction of sp³-hybridized carbons (Fsp3) is 0.308. The third-order valence-electron chi connectivity index (χ3n) is 2.82. The van der Waals surface area contributed by atoms with Crippen molar-refractivity contribution in [2.45, 2.75) is 26.3 Å². The molecule has 0 saturated heterocycles. The van der Waals surface area contributed by atoms with Crippen LogP contribution in [0.4, 0.5) is 0 Å². The van der Waals surface area contributed by atoms with Crippen molar-refractivity contribution in [3.8, 4) is 0 Å². The molecule has 3 N–H and O–H groups in total. The summed E-state index contributed by atoms with van der Waals surface area (Å²) >= 11 is 0. The van der Waals surface area contributed by atoms with Crippen LogP contribution >= 0.6 is 0 Å². The number of nitrogen functional groups attached to an aromatic ring is 1. The summed E-state index contributed by atoms with van der Waals surface area (Å²) in [5.41, 5.74) is 3.80. The highest BCUT2D eigenvalue weighted by Gasteiger charge is 2.14. The van der Waals surface area contributed by atoms with Crippen LogP contribution in [0.2, 0.25) is 0 Å². The Hall–Kier alpha value is -2.01. The van der Waals surface area contributed by atoms with E-state index in [4.69, 9.17) is 10.3 Å². The second-order valence-corrected chi connectivity index (χ2v) is 4.09. The number of nitrogens with two attached hydrogens (primary N) is 1. The van der Waals surface area contributed by atoms with Crippen LogP contribution in [0.25, 0.3) is 0 Å². The third kappa shape index (κ3) is 2.46. The summed E-state index contributed by atoms with van der Waals surface area (Å²) in [4.78, 5) is 11.6. The van der Waals surface area contributed by atoms with Gasteiger partial charge in [-0.05, 0) is 30.7 Å². The highest BCUT2D eigenvalue weighted by molar-refractivity contribution is 5.92. The second kappa shape index (κ2) is 5.55. The van der Waals surface area contributed by atoms with Gasteiger partial charge in [-0.2, -0.15) is 0 Å². The molecule has 0 aliphatic heterocycles. The summed E-state index contributed by atoms with van der Waals surface area (Å²) in [6, 6.07) is 7.50. The number of hydrogen-bond donors (Lipinski definition) is 2. The summed E-state index contributed by atoms with van der Waals surface area (Å²) in [6.07, 6.45) is 3.27. The van der Waals surface area contributed by atoms with Gasteiger partial charge in [0.25, 0.3) is 5.91 Å². The molecule has 5 heteroatoms. The number of rotatable bonds is 5. The number of nitrogens with one attached hydrogen (secondary N) is 1. The molecule has 0 aliphatic rings. The van der Waals surface area contributed by atoms with Crippen molar-refractivity contribution < 1.29 is 9.21 Å². The molecule has 2 aromatic heterocycles. The number of nitrogens with zero attached hydrogens (tertiary/aromatic N) is 1. The SMILES string of the molecule is CCCn1c(Cc2ccco2)ccc1C(=O)NN. The highest BCUT2D eigenvalue weighted by Crippen LogP contribution is 2.15. The summed E-state index contributed by atoms with van der Waals surface area (Å²) in [7, 11) is 0. The molecule has 1 amide bonds. The number of amides is 1. The van der Waals surface area contributed by atoms with Gasteiger partial charge in [-0.25, -0.2) is 5.84 Å². The van der Waals surface area contributed by atoms with Crippen LogP contribution in [0.1, 0.15) is 35.3 Å². The van der Waals surface area contributed by atoms with E-state index < -0.39 is 0 Å². The number of hydrazine groups is 1. The maximum atomic E-state index is 11.6. The Kier molecular flexibility index (Phi) is 3.84. The fourth-order valence-electron chi connectivity index (χ4n) is 2.02. The van der Waals surface area contributed by atoms with E-state index in [9.17, 15) is 4.79 Å². The summed E-state index contributed by atoms with van der Waals surface area (Å²) in [5, 5.41) is 0. The quantitative estimate of drug-likeness (QED) is 0.479. The van der Waals surface area contributed by atoms with Crippen molar-refractivity contribution in [3.05, 3.63) is 47.7 Å². The summed E-state index contributed by atoms with van der Waals surface area (Å²) in [5.74, 6) is 5.79. The van der Waals surface area contributed by atoms with Gasteiger partial charge in [0, 0.05) is 18.7 Å². The monoisotopic (exact) mass is 247 g/mol. The molecule has 0 spiro atoms. The lowest BCUT2D eigenvalue weighted by Gasteiger charge is -2.10. The second-order valence-electron chi connectivity index (χ2n) is 4.09. The van der Waals surface area contributed by atoms with E-state index >= 15 is 0 Å². The van der Waals surface area contributed by atoms with Crippen LogP contribution in [0.3, 0.4) is 0 Å². The Labute approximate surface area is 106 Å². The summed E-state index contributed by atoms with van der Waals surface area (Å²) < 4.78 is 7.30. The molecular weight excluding hydrogens is 230 g/mol. The number of carbonyl (C=O) groups is 1. The van der Waals surface area contributed by atoms with E-state index in [-0.39, 0.29) is 5.91 Å². The molecule has 0 atom stereocenters. The molecule has 18 heavy (non-hydrogen) atoms. The maximum Gasteiger partial charge on any atom is 0.281 e. The van der Waals surface area contributed by atoms with Crippen molar-refractivity contribution in [1.29, 1.82) is 0 Å². The molecular formula is C13H17N3O2. The lowest BCUT2D eigenvalue weighted by Crippen LogP contribution is -2.32. The lowest BCUT2D eigenvalue weighted by molar-refractivity contribution is 0.0944. The molecule has 2 aromatic rings. The third-order valence-corrected chi connectivity index (χ3v) is 2.82. The topological polar surface area (TPSA) is 73.2 Å². The lowest BCUT2D eigenvalue weighted by atomic mass is 10.2. The minimum atomic E-state index is -0.269. The van der Waals surface area contributed by atoms with E-state index in [1.807, 2.05) is 22.8 Å². The molecule has 2 heterocycles. The number of aromatic nitrogens is 1. The molecule has 0 fully saturated rings. The van der Waals surface area contributed by atoms with Gasteiger partial charge in [-0.15, -0.1) is 0 Å². The first-order valence-corrected chi connectivity index (χ1v) is 5.98. The highest BCUT2D eigenvalue weighted by atomic mass is 16.3. The number of carbonyl (C=O) groups excluding carboxylic acids is 1. The van der Waals surface area contributed by atoms with Crippen LogP contribution in [0, 0.1) is 0 Å². The van der Waals surface area contributed by atoms with Crippen molar-refractivity contribution in [3.63, 3.8) is 0 Å². The maximum absolute atomic E-state index is 11.6. The van der Waals surface area contributed by atoms with E-state index in [1.54, 1.807) is 12.3 Å². The Morgan fingerprint density at radius 1 is 1.44 bits per heavy atom. The standard InChI is InChI=1S/C13H17N3O2/c1-2-7-16-10(9-11-4-3-8-18-11)5-6-12(16)13(17)15-14/h3-6,8H,2,7,9,14H2,1H3,(H,15,17). The Morgan fingerprint density at radius 2 is 2.28 bits per heavy atom. The first kappa shape index (κ1) is 12.4. The zero-order chi connectivity index (χ0) is 13.0. The van der Waals surface area contributed by atoms with Gasteiger partial charge in [0.15, 0.2) is 0 Å². The fourth-order valence-corrected chi connectivity index (χ4v) is 2.02. The number of furan rings is 1. The molecule has 0 radical (unpaired) electrons. The predicted octanol–water partition coefficient (Wildman–Crippen LogP) is 1.69. The van der Waals surface area contributed by atoms with Gasteiger partial charge in [-0.3, -0.25) is 10.2 Å². The zero-order valence-electron chi connectivity index (χ0n) is 10.3. The van der Waals surface area contributed by atoms with E-state index in [1.165, 1.54) is 0 Å². The van der Waals surface area contributed by atoms with Crippen LogP contribution in [-0.4, -0.2) is 10.5 Å². The molecule has 0 unspecified atom stereocenters. The van der Waals surface area contributed by atoms with Crippen LogP contribution in [0.15, 0.2) is 34.9 Å². The van der Waals surface area contributed by atoms with Gasteiger partial charge < -0.3 is 8.98 Å². The molecule has 2 rings (SSSR count). The molecule has 5 nitrogen and oxygen atoms in total. The van der Waals surface area contributed by atoms with Crippen molar-refractivity contribution in [1.82, 2.24) is 9.99 Å². The zero-order valence-corrected chi connectivity index (χ0v) is 10.3. The Morgan fingerprint density at radius 3 is 2.89 bits per heavy atom. The molecule has 0 aromatic carbocycles. The van der Waals surface area contributed by atoms with Crippen molar-refractivity contribution in [2.24, 2.45) is 5.84 Å². The molecule has 0 bridgehead atoms. The largest absolute Gasteiger partial charge is 0.469 e. The smallest absolute Gasteiger partial charge is 0.281 e. The van der Waals surface area contributed by atoms with Gasteiger partial charge >= 0.3 is 0 Å². The van der Waals surface area contributed by atoms with Crippen LogP contribution < -0.4 is 11.3 Å². The minimum absolute atomic E-state index is 0.269. The Balaban J connectivity index is 2.29. The van der Waals surface area contributed by atoms with Crippen LogP contribution in [0.5, 0.6) is 0 Å². The minimum Gasteiger partial charge on any atom is -0.469 e. The summed E-state index contributed by atoms with van der Waals surface area (Å²) in [6.45, 7) is 2.85. The van der Waals surface area contributed by atoms with Crippen molar-refractivity contribution >= 4 is 5.91 Å². The van der Waals surface area contributed by atoms with E-state index in [0.29, 0.717) is 12.1 Å². The van der Waals surface area contributed by atoms with Gasteiger partial charge in [0.2, 0.25) is 0 Å². The van der Waals surface area contributed by atoms with E-state index in [0.717, 1.165) is 24.4 Å². The Bertz CT molecular complexity index is 514. The first-order valence-electron chi connectivity index (χ1n) is 5.98. The molecule has 0 aliphatic carbocycles.